The van der Waals surface area contributed by atoms with E-state index in [-0.39, 0.29) is 6.42 Å². The Labute approximate surface area is 66.3 Å². The molecule has 0 bridgehead atoms. The Morgan fingerprint density at radius 2 is 2.27 bits per heavy atom. The molecule has 2 unspecified atom stereocenters. The monoisotopic (exact) mass is 160 g/mol. The van der Waals surface area contributed by atoms with Crippen LogP contribution in [-0.4, -0.2) is 11.8 Å². The second-order valence-electron chi connectivity index (χ2n) is 3.24. The lowest BCUT2D eigenvalue weighted by Crippen LogP contribution is -2.37. The Hall–Kier alpha value is -0.400. The van der Waals surface area contributed by atoms with E-state index in [9.17, 15) is 8.78 Å². The Morgan fingerprint density at radius 1 is 1.55 bits per heavy atom. The molecule has 0 saturated heterocycles. The van der Waals surface area contributed by atoms with Gasteiger partial charge in [0.15, 0.2) is 0 Å². The zero-order chi connectivity index (χ0) is 8.32. The number of hydrogen-bond acceptors (Lipinski definition) is 0. The summed E-state index contributed by atoms with van der Waals surface area (Å²) in [6.45, 7) is 3.43. The van der Waals surface area contributed by atoms with Crippen LogP contribution in [0.1, 0.15) is 32.1 Å². The van der Waals surface area contributed by atoms with E-state index in [1.54, 1.807) is 0 Å². The minimum Gasteiger partial charge on any atom is -0.244 e. The molecule has 0 heterocycles. The molecule has 0 aromatic rings. The van der Waals surface area contributed by atoms with Crippen molar-refractivity contribution in [2.24, 2.45) is 0 Å². The fraction of sp³-hybridized carbons (Fsp3) is 0.778. The van der Waals surface area contributed by atoms with Crippen LogP contribution in [0.3, 0.4) is 0 Å². The molecular weight excluding hydrogens is 146 g/mol. The molecule has 1 aliphatic carbocycles. The summed E-state index contributed by atoms with van der Waals surface area (Å²) in [7, 11) is 0. The summed E-state index contributed by atoms with van der Waals surface area (Å²) in [6, 6.07) is 0. The zero-order valence-corrected chi connectivity index (χ0v) is 6.65. The average Bonchev–Trinajstić information content (AvgIpc) is 1.96. The van der Waals surface area contributed by atoms with E-state index in [1.165, 1.54) is 6.08 Å². The maximum atomic E-state index is 13.5. The van der Waals surface area contributed by atoms with Crippen LogP contribution < -0.4 is 0 Å². The quantitative estimate of drug-likeness (QED) is 0.544. The van der Waals surface area contributed by atoms with Crippen molar-refractivity contribution in [3.05, 3.63) is 12.7 Å². The summed E-state index contributed by atoms with van der Waals surface area (Å²) in [6.07, 6.45) is 2.74. The van der Waals surface area contributed by atoms with E-state index in [1.807, 2.05) is 0 Å². The van der Waals surface area contributed by atoms with Gasteiger partial charge in [-0.25, -0.2) is 8.78 Å². The number of halogens is 2. The fourth-order valence-corrected chi connectivity index (χ4v) is 1.63. The molecule has 1 aliphatic rings. The SMILES string of the molecule is C=CCC1(F)CCCCC1F. The number of allylic oxidation sites excluding steroid dienone is 1. The van der Waals surface area contributed by atoms with Crippen LogP contribution in [0.15, 0.2) is 12.7 Å². The lowest BCUT2D eigenvalue weighted by molar-refractivity contribution is 0.0151. The Bertz CT molecular complexity index is 144. The standard InChI is InChI=1S/C9H14F2/c1-2-6-9(11)7-4-3-5-8(9)10/h2,8H,1,3-7H2. The lowest BCUT2D eigenvalue weighted by atomic mass is 9.82. The second kappa shape index (κ2) is 3.33. The van der Waals surface area contributed by atoms with E-state index in [4.69, 9.17) is 0 Å². The summed E-state index contributed by atoms with van der Waals surface area (Å²) in [5.41, 5.74) is -1.60. The van der Waals surface area contributed by atoms with Crippen molar-refractivity contribution in [2.45, 2.75) is 43.9 Å². The van der Waals surface area contributed by atoms with Gasteiger partial charge in [-0.1, -0.05) is 18.9 Å². The molecule has 0 N–H and O–H groups in total. The highest BCUT2D eigenvalue weighted by atomic mass is 19.2. The van der Waals surface area contributed by atoms with Gasteiger partial charge in [0, 0.05) is 6.42 Å². The third kappa shape index (κ3) is 1.79. The van der Waals surface area contributed by atoms with Crippen LogP contribution in [0.5, 0.6) is 0 Å². The maximum absolute atomic E-state index is 13.5. The van der Waals surface area contributed by atoms with Gasteiger partial charge in [-0.15, -0.1) is 6.58 Å². The molecule has 64 valence electrons. The first-order valence-corrected chi connectivity index (χ1v) is 4.13. The van der Waals surface area contributed by atoms with Crippen LogP contribution in [0, 0.1) is 0 Å². The lowest BCUT2D eigenvalue weighted by Gasteiger charge is -2.31. The van der Waals surface area contributed by atoms with Crippen LogP contribution in [-0.2, 0) is 0 Å². The normalized spacial score (nSPS) is 38.5. The maximum Gasteiger partial charge on any atom is 0.145 e. The highest BCUT2D eigenvalue weighted by Gasteiger charge is 2.40. The summed E-state index contributed by atoms with van der Waals surface area (Å²) >= 11 is 0. The first kappa shape index (κ1) is 8.69. The third-order valence-electron chi connectivity index (χ3n) is 2.35. The molecular formula is C9H14F2. The first-order chi connectivity index (χ1) is 5.19. The van der Waals surface area contributed by atoms with Crippen molar-refractivity contribution in [1.82, 2.24) is 0 Å². The van der Waals surface area contributed by atoms with Crippen LogP contribution in [0.25, 0.3) is 0 Å². The molecule has 0 radical (unpaired) electrons. The second-order valence-corrected chi connectivity index (χ2v) is 3.24. The molecule has 0 nitrogen and oxygen atoms in total. The molecule has 0 amide bonds. The average molecular weight is 160 g/mol. The minimum atomic E-state index is -1.60. The molecule has 1 fully saturated rings. The summed E-state index contributed by atoms with van der Waals surface area (Å²) < 4.78 is 26.5. The molecule has 0 aliphatic heterocycles. The number of alkyl halides is 2. The van der Waals surface area contributed by atoms with E-state index in [0.717, 1.165) is 12.8 Å². The molecule has 0 spiro atoms. The molecule has 1 rings (SSSR count). The molecule has 11 heavy (non-hydrogen) atoms. The highest BCUT2D eigenvalue weighted by Crippen LogP contribution is 2.37. The molecule has 2 heteroatoms. The van der Waals surface area contributed by atoms with Gasteiger partial charge in [0.25, 0.3) is 0 Å². The molecule has 2 atom stereocenters. The van der Waals surface area contributed by atoms with Crippen LogP contribution in [0.4, 0.5) is 8.78 Å². The van der Waals surface area contributed by atoms with Crippen molar-refractivity contribution in [3.63, 3.8) is 0 Å². The Balaban J connectivity index is 2.56. The van der Waals surface area contributed by atoms with Crippen molar-refractivity contribution in [1.29, 1.82) is 0 Å². The number of hydrogen-bond donors (Lipinski definition) is 0. The zero-order valence-electron chi connectivity index (χ0n) is 6.65. The topological polar surface area (TPSA) is 0 Å². The molecule has 0 aromatic carbocycles. The minimum absolute atomic E-state index is 0.161. The third-order valence-corrected chi connectivity index (χ3v) is 2.35. The van der Waals surface area contributed by atoms with Gasteiger partial charge < -0.3 is 0 Å². The highest BCUT2D eigenvalue weighted by molar-refractivity contribution is 4.95. The fourth-order valence-electron chi connectivity index (χ4n) is 1.63. The molecule has 1 saturated carbocycles. The van der Waals surface area contributed by atoms with Crippen molar-refractivity contribution in [3.8, 4) is 0 Å². The van der Waals surface area contributed by atoms with E-state index >= 15 is 0 Å². The summed E-state index contributed by atoms with van der Waals surface area (Å²) in [5, 5.41) is 0. The van der Waals surface area contributed by atoms with Gasteiger partial charge in [0.1, 0.15) is 11.8 Å². The van der Waals surface area contributed by atoms with Gasteiger partial charge >= 0.3 is 0 Å². The van der Waals surface area contributed by atoms with E-state index < -0.39 is 11.8 Å². The van der Waals surface area contributed by atoms with Crippen LogP contribution >= 0.6 is 0 Å². The smallest absolute Gasteiger partial charge is 0.145 e. The predicted octanol–water partition coefficient (Wildman–Crippen LogP) is 3.18. The van der Waals surface area contributed by atoms with Gasteiger partial charge in [0.05, 0.1) is 0 Å². The van der Waals surface area contributed by atoms with Gasteiger partial charge in [0.2, 0.25) is 0 Å². The summed E-state index contributed by atoms with van der Waals surface area (Å²) in [4.78, 5) is 0. The largest absolute Gasteiger partial charge is 0.244 e. The van der Waals surface area contributed by atoms with Gasteiger partial charge in [-0.05, 0) is 12.8 Å². The van der Waals surface area contributed by atoms with Crippen molar-refractivity contribution >= 4 is 0 Å². The van der Waals surface area contributed by atoms with E-state index in [0.29, 0.717) is 12.8 Å². The van der Waals surface area contributed by atoms with Crippen molar-refractivity contribution < 1.29 is 8.78 Å². The predicted molar refractivity (Wildman–Crippen MR) is 42.0 cm³/mol. The van der Waals surface area contributed by atoms with Gasteiger partial charge in [-0.3, -0.25) is 0 Å². The first-order valence-electron chi connectivity index (χ1n) is 4.13. The molecule has 0 aromatic heterocycles. The summed E-state index contributed by atoms with van der Waals surface area (Å²) in [5.74, 6) is 0. The van der Waals surface area contributed by atoms with Crippen molar-refractivity contribution in [2.75, 3.05) is 0 Å². The Morgan fingerprint density at radius 3 is 2.82 bits per heavy atom. The van der Waals surface area contributed by atoms with Gasteiger partial charge in [-0.2, -0.15) is 0 Å². The van der Waals surface area contributed by atoms with Crippen LogP contribution in [0.2, 0.25) is 0 Å². The number of rotatable bonds is 2. The Kier molecular flexibility index (Phi) is 2.63. The van der Waals surface area contributed by atoms with E-state index in [2.05, 4.69) is 6.58 Å².